The molecule has 4 rings (SSSR count). The molecule has 0 aliphatic heterocycles. The molecule has 0 N–H and O–H groups in total. The van der Waals surface area contributed by atoms with Gasteiger partial charge in [0.2, 0.25) is 0 Å². The van der Waals surface area contributed by atoms with Crippen LogP contribution in [0.4, 0.5) is 0 Å². The highest BCUT2D eigenvalue weighted by atomic mass is 16.5. The molecule has 2 aromatic carbocycles. The van der Waals surface area contributed by atoms with Crippen molar-refractivity contribution in [1.82, 2.24) is 14.3 Å². The van der Waals surface area contributed by atoms with Crippen molar-refractivity contribution in [2.24, 2.45) is 13.0 Å². The molecule has 0 radical (unpaired) electrons. The van der Waals surface area contributed by atoms with Crippen LogP contribution < -0.4 is 10.3 Å². The lowest BCUT2D eigenvalue weighted by Crippen LogP contribution is -2.21. The fraction of sp³-hybridized carbons (Fsp3) is 0.304. The molecule has 0 amide bonds. The number of pyridine rings is 1. The molecule has 0 spiro atoms. The number of hydrogen-bond acceptors (Lipinski definition) is 3. The van der Waals surface area contributed by atoms with Gasteiger partial charge >= 0.3 is 0 Å². The number of para-hydroxylation sites is 1. The van der Waals surface area contributed by atoms with Crippen LogP contribution in [0.25, 0.3) is 21.8 Å². The average Bonchev–Trinajstić information content (AvgIpc) is 3.02. The van der Waals surface area contributed by atoms with E-state index >= 15 is 0 Å². The summed E-state index contributed by atoms with van der Waals surface area (Å²) in [6.07, 6.45) is 0.888. The van der Waals surface area contributed by atoms with Gasteiger partial charge in [0.15, 0.2) is 5.52 Å². The number of fused-ring (bicyclic) bond motifs is 3. The molecular formula is C23H25N3O2. The smallest absolute Gasteiger partial charge is 0.279 e. The normalized spacial score (nSPS) is 11.6. The molecule has 0 aliphatic rings. The minimum Gasteiger partial charge on any atom is -0.497 e. The van der Waals surface area contributed by atoms with E-state index in [0.717, 1.165) is 39.7 Å². The van der Waals surface area contributed by atoms with E-state index in [-0.39, 0.29) is 5.56 Å². The largest absolute Gasteiger partial charge is 0.497 e. The van der Waals surface area contributed by atoms with Crippen LogP contribution in [0.3, 0.4) is 0 Å². The van der Waals surface area contributed by atoms with Crippen molar-refractivity contribution in [3.63, 3.8) is 0 Å². The van der Waals surface area contributed by atoms with E-state index in [2.05, 4.69) is 25.0 Å². The predicted molar refractivity (Wildman–Crippen MR) is 113 cm³/mol. The Morgan fingerprint density at radius 1 is 1.07 bits per heavy atom. The van der Waals surface area contributed by atoms with Crippen molar-refractivity contribution in [3.8, 4) is 5.75 Å². The van der Waals surface area contributed by atoms with Crippen LogP contribution in [0.2, 0.25) is 0 Å². The van der Waals surface area contributed by atoms with E-state index in [4.69, 9.17) is 4.74 Å². The first-order valence-electron chi connectivity index (χ1n) is 9.59. The lowest BCUT2D eigenvalue weighted by Gasteiger charge is -2.13. The second-order valence-electron chi connectivity index (χ2n) is 7.65. The Labute approximate surface area is 164 Å². The molecule has 144 valence electrons. The van der Waals surface area contributed by atoms with Gasteiger partial charge in [-0.1, -0.05) is 44.2 Å². The summed E-state index contributed by atoms with van der Waals surface area (Å²) in [6, 6.07) is 15.9. The van der Waals surface area contributed by atoms with E-state index in [1.165, 1.54) is 0 Å². The zero-order chi connectivity index (χ0) is 19.8. The van der Waals surface area contributed by atoms with Crippen LogP contribution in [0.1, 0.15) is 25.1 Å². The van der Waals surface area contributed by atoms with Gasteiger partial charge in [-0.2, -0.15) is 5.10 Å². The minimum absolute atomic E-state index is 0.0462. The van der Waals surface area contributed by atoms with E-state index in [1.807, 2.05) is 58.8 Å². The fourth-order valence-electron chi connectivity index (χ4n) is 3.84. The van der Waals surface area contributed by atoms with Gasteiger partial charge in [0.1, 0.15) is 5.75 Å². The molecule has 0 bridgehead atoms. The van der Waals surface area contributed by atoms with Crippen molar-refractivity contribution in [2.75, 3.05) is 7.11 Å². The van der Waals surface area contributed by atoms with Crippen molar-refractivity contribution in [1.29, 1.82) is 0 Å². The Hall–Kier alpha value is -3.08. The summed E-state index contributed by atoms with van der Waals surface area (Å²) in [5.41, 5.74) is 3.61. The third kappa shape index (κ3) is 3.07. The molecule has 5 heteroatoms. The van der Waals surface area contributed by atoms with E-state index in [9.17, 15) is 4.79 Å². The number of rotatable bonds is 5. The summed E-state index contributed by atoms with van der Waals surface area (Å²) in [5.74, 6) is 1.29. The van der Waals surface area contributed by atoms with Gasteiger partial charge in [-0.05, 0) is 36.1 Å². The van der Waals surface area contributed by atoms with Gasteiger partial charge < -0.3 is 9.30 Å². The van der Waals surface area contributed by atoms with Crippen molar-refractivity contribution >= 4 is 21.8 Å². The van der Waals surface area contributed by atoms with Gasteiger partial charge in [0.05, 0.1) is 19.2 Å². The highest BCUT2D eigenvalue weighted by molar-refractivity contribution is 6.05. The Morgan fingerprint density at radius 3 is 2.46 bits per heavy atom. The Bertz CT molecular complexity index is 1200. The summed E-state index contributed by atoms with van der Waals surface area (Å²) in [5, 5.41) is 6.68. The SMILES string of the molecule is COc1ccc(Cn2c(=O)c3nn(C)c(CC(C)C)c3c3ccccc32)cc1. The maximum absolute atomic E-state index is 13.4. The molecule has 5 nitrogen and oxygen atoms in total. The molecule has 0 aliphatic carbocycles. The Balaban J connectivity index is 1.96. The van der Waals surface area contributed by atoms with Gasteiger partial charge in [-0.15, -0.1) is 0 Å². The van der Waals surface area contributed by atoms with Crippen molar-refractivity contribution in [2.45, 2.75) is 26.8 Å². The third-order valence-corrected chi connectivity index (χ3v) is 5.18. The van der Waals surface area contributed by atoms with Crippen LogP contribution in [0.15, 0.2) is 53.3 Å². The first-order chi connectivity index (χ1) is 13.5. The van der Waals surface area contributed by atoms with Crippen LogP contribution >= 0.6 is 0 Å². The van der Waals surface area contributed by atoms with Crippen LogP contribution in [-0.2, 0) is 20.0 Å². The first kappa shape index (κ1) is 18.3. The molecular weight excluding hydrogens is 350 g/mol. The first-order valence-corrected chi connectivity index (χ1v) is 9.59. The molecule has 0 saturated carbocycles. The van der Waals surface area contributed by atoms with Gasteiger partial charge in [0, 0.05) is 23.5 Å². The third-order valence-electron chi connectivity index (χ3n) is 5.18. The van der Waals surface area contributed by atoms with Gasteiger partial charge in [-0.25, -0.2) is 0 Å². The van der Waals surface area contributed by atoms with Gasteiger partial charge in [0.25, 0.3) is 5.56 Å². The number of aromatic nitrogens is 3. The summed E-state index contributed by atoms with van der Waals surface area (Å²) in [6.45, 7) is 4.87. The summed E-state index contributed by atoms with van der Waals surface area (Å²) in [7, 11) is 3.58. The molecule has 2 aromatic heterocycles. The summed E-state index contributed by atoms with van der Waals surface area (Å²) < 4.78 is 8.93. The topological polar surface area (TPSA) is 49.1 Å². The number of nitrogens with zero attached hydrogens (tertiary/aromatic N) is 3. The summed E-state index contributed by atoms with van der Waals surface area (Å²) >= 11 is 0. The van der Waals surface area contributed by atoms with E-state index in [1.54, 1.807) is 7.11 Å². The molecule has 0 fully saturated rings. The predicted octanol–water partition coefficient (Wildman–Crippen LogP) is 4.14. The molecule has 28 heavy (non-hydrogen) atoms. The van der Waals surface area contributed by atoms with Crippen LogP contribution in [0.5, 0.6) is 5.75 Å². The molecule has 0 atom stereocenters. The molecule has 2 heterocycles. The zero-order valence-corrected chi connectivity index (χ0v) is 16.8. The second kappa shape index (κ2) is 7.15. The Morgan fingerprint density at radius 2 is 1.79 bits per heavy atom. The highest BCUT2D eigenvalue weighted by Gasteiger charge is 2.19. The fourth-order valence-corrected chi connectivity index (χ4v) is 3.84. The maximum atomic E-state index is 13.4. The Kier molecular flexibility index (Phi) is 4.67. The number of aryl methyl sites for hydroxylation is 1. The maximum Gasteiger partial charge on any atom is 0.279 e. The zero-order valence-electron chi connectivity index (χ0n) is 16.8. The molecule has 4 aromatic rings. The number of methoxy groups -OCH3 is 1. The molecule has 0 unspecified atom stereocenters. The van der Waals surface area contributed by atoms with Crippen molar-refractivity contribution < 1.29 is 4.74 Å². The lowest BCUT2D eigenvalue weighted by atomic mass is 10.0. The van der Waals surface area contributed by atoms with Crippen molar-refractivity contribution in [3.05, 3.63) is 70.1 Å². The quantitative estimate of drug-likeness (QED) is 0.527. The van der Waals surface area contributed by atoms with Crippen LogP contribution in [0, 0.1) is 5.92 Å². The lowest BCUT2D eigenvalue weighted by molar-refractivity contribution is 0.414. The highest BCUT2D eigenvalue weighted by Crippen LogP contribution is 2.27. The second-order valence-corrected chi connectivity index (χ2v) is 7.65. The standard InChI is InChI=1S/C23H25N3O2/c1-15(2)13-20-21-18-7-5-6-8-19(18)26(23(27)22(21)24-25(20)3)14-16-9-11-17(28-4)12-10-16/h5-12,15H,13-14H2,1-4H3. The van der Waals surface area contributed by atoms with Gasteiger partial charge in [-0.3, -0.25) is 9.48 Å². The average molecular weight is 375 g/mol. The number of ether oxygens (including phenoxy) is 1. The summed E-state index contributed by atoms with van der Waals surface area (Å²) in [4.78, 5) is 13.4. The molecule has 0 saturated heterocycles. The number of hydrogen-bond donors (Lipinski definition) is 0. The van der Waals surface area contributed by atoms with E-state index in [0.29, 0.717) is 18.0 Å². The van der Waals surface area contributed by atoms with Crippen LogP contribution in [-0.4, -0.2) is 21.5 Å². The van der Waals surface area contributed by atoms with E-state index < -0.39 is 0 Å². The monoisotopic (exact) mass is 375 g/mol. The minimum atomic E-state index is -0.0462. The number of benzene rings is 2.